The minimum Gasteiger partial charge on any atom is -0.368 e. The fourth-order valence-corrected chi connectivity index (χ4v) is 3.18. The Morgan fingerprint density at radius 2 is 2.00 bits per heavy atom. The zero-order valence-electron chi connectivity index (χ0n) is 11.7. The SMILES string of the molecule is CCC1CCC(CNc2nc(Cl)nc3nc[nH]c23)CC1. The highest BCUT2D eigenvalue weighted by Gasteiger charge is 2.20. The molecule has 0 amide bonds. The highest BCUT2D eigenvalue weighted by molar-refractivity contribution is 6.28. The van der Waals surface area contributed by atoms with Gasteiger partial charge in [0.25, 0.3) is 0 Å². The summed E-state index contributed by atoms with van der Waals surface area (Å²) in [7, 11) is 0. The molecule has 2 aromatic rings. The van der Waals surface area contributed by atoms with E-state index in [1.807, 2.05) is 0 Å². The van der Waals surface area contributed by atoms with Gasteiger partial charge in [0.1, 0.15) is 5.52 Å². The first kappa shape index (κ1) is 13.6. The van der Waals surface area contributed by atoms with Gasteiger partial charge in [0, 0.05) is 6.54 Å². The van der Waals surface area contributed by atoms with Crippen molar-refractivity contribution in [3.63, 3.8) is 0 Å². The molecule has 0 bridgehead atoms. The maximum Gasteiger partial charge on any atom is 0.226 e. The quantitative estimate of drug-likeness (QED) is 0.845. The molecule has 2 aromatic heterocycles. The third kappa shape index (κ3) is 2.87. The second kappa shape index (κ2) is 5.95. The molecule has 0 saturated heterocycles. The van der Waals surface area contributed by atoms with Gasteiger partial charge in [0.15, 0.2) is 11.5 Å². The lowest BCUT2D eigenvalue weighted by molar-refractivity contribution is 0.278. The van der Waals surface area contributed by atoms with E-state index in [-0.39, 0.29) is 5.28 Å². The van der Waals surface area contributed by atoms with Gasteiger partial charge >= 0.3 is 0 Å². The molecule has 3 rings (SSSR count). The van der Waals surface area contributed by atoms with Crippen LogP contribution in [0.15, 0.2) is 6.33 Å². The van der Waals surface area contributed by atoms with Crippen molar-refractivity contribution in [2.24, 2.45) is 11.8 Å². The second-order valence-corrected chi connectivity index (χ2v) is 5.96. The predicted octanol–water partition coefficient (Wildman–Crippen LogP) is 3.63. The number of hydrogen-bond donors (Lipinski definition) is 2. The molecule has 0 radical (unpaired) electrons. The lowest BCUT2D eigenvalue weighted by Gasteiger charge is -2.28. The largest absolute Gasteiger partial charge is 0.368 e. The number of imidazole rings is 1. The Bertz CT molecular complexity index is 574. The van der Waals surface area contributed by atoms with Crippen LogP contribution in [0.3, 0.4) is 0 Å². The molecular weight excluding hydrogens is 274 g/mol. The smallest absolute Gasteiger partial charge is 0.226 e. The molecule has 0 spiro atoms. The van der Waals surface area contributed by atoms with Crippen LogP contribution in [0.2, 0.25) is 5.28 Å². The average Bonchev–Trinajstić information content (AvgIpc) is 2.93. The molecule has 1 saturated carbocycles. The Kier molecular flexibility index (Phi) is 4.05. The topological polar surface area (TPSA) is 66.5 Å². The highest BCUT2D eigenvalue weighted by Crippen LogP contribution is 2.31. The number of aromatic amines is 1. The van der Waals surface area contributed by atoms with Gasteiger partial charge in [-0.2, -0.15) is 9.97 Å². The summed E-state index contributed by atoms with van der Waals surface area (Å²) in [4.78, 5) is 15.5. The number of aromatic nitrogens is 4. The molecule has 1 aliphatic carbocycles. The number of nitrogens with zero attached hydrogens (tertiary/aromatic N) is 3. The van der Waals surface area contributed by atoms with E-state index in [4.69, 9.17) is 11.6 Å². The number of H-pyrrole nitrogens is 1. The third-order valence-corrected chi connectivity index (χ3v) is 4.53. The van der Waals surface area contributed by atoms with Gasteiger partial charge in [0.2, 0.25) is 5.28 Å². The van der Waals surface area contributed by atoms with Crippen molar-refractivity contribution in [2.45, 2.75) is 39.0 Å². The molecule has 0 unspecified atom stereocenters. The van der Waals surface area contributed by atoms with E-state index in [0.29, 0.717) is 5.65 Å². The zero-order valence-corrected chi connectivity index (χ0v) is 12.5. The number of nitrogens with one attached hydrogen (secondary N) is 2. The van der Waals surface area contributed by atoms with E-state index in [1.54, 1.807) is 6.33 Å². The van der Waals surface area contributed by atoms with Crippen LogP contribution in [0.25, 0.3) is 11.2 Å². The van der Waals surface area contributed by atoms with Crippen molar-refractivity contribution in [1.29, 1.82) is 0 Å². The van der Waals surface area contributed by atoms with Crippen LogP contribution in [-0.4, -0.2) is 26.5 Å². The summed E-state index contributed by atoms with van der Waals surface area (Å²) in [6.07, 6.45) is 8.25. The van der Waals surface area contributed by atoms with Gasteiger partial charge in [-0.1, -0.05) is 26.2 Å². The average molecular weight is 294 g/mol. The summed E-state index contributed by atoms with van der Waals surface area (Å²) in [6.45, 7) is 3.24. The number of halogens is 1. The van der Waals surface area contributed by atoms with E-state index in [1.165, 1.54) is 32.1 Å². The van der Waals surface area contributed by atoms with Crippen LogP contribution in [0.5, 0.6) is 0 Å². The molecule has 0 aromatic carbocycles. The van der Waals surface area contributed by atoms with E-state index >= 15 is 0 Å². The summed E-state index contributed by atoms with van der Waals surface area (Å²) >= 11 is 5.92. The summed E-state index contributed by atoms with van der Waals surface area (Å²) in [5.41, 5.74) is 1.44. The molecule has 108 valence electrons. The summed E-state index contributed by atoms with van der Waals surface area (Å²) in [5, 5.41) is 3.65. The molecule has 6 heteroatoms. The Balaban J connectivity index is 1.64. The van der Waals surface area contributed by atoms with Gasteiger partial charge in [-0.15, -0.1) is 0 Å². The fourth-order valence-electron chi connectivity index (χ4n) is 3.02. The standard InChI is InChI=1S/C14H20ClN5/c1-2-9-3-5-10(6-4-9)7-16-12-11-13(18-8-17-11)20-14(15)19-12/h8-10H,2-7H2,1H3,(H2,16,17,18,19,20). The van der Waals surface area contributed by atoms with E-state index in [2.05, 4.69) is 32.2 Å². The number of hydrogen-bond acceptors (Lipinski definition) is 4. The molecule has 2 N–H and O–H groups in total. The van der Waals surface area contributed by atoms with Gasteiger partial charge in [-0.05, 0) is 36.3 Å². The van der Waals surface area contributed by atoms with Crippen molar-refractivity contribution >= 4 is 28.6 Å². The van der Waals surface area contributed by atoms with Gasteiger partial charge in [0.05, 0.1) is 6.33 Å². The van der Waals surface area contributed by atoms with Gasteiger partial charge in [-0.25, -0.2) is 4.98 Å². The summed E-state index contributed by atoms with van der Waals surface area (Å²) < 4.78 is 0. The van der Waals surface area contributed by atoms with Gasteiger partial charge in [-0.3, -0.25) is 0 Å². The summed E-state index contributed by atoms with van der Waals surface area (Å²) in [5.74, 6) is 2.42. The number of rotatable bonds is 4. The molecule has 20 heavy (non-hydrogen) atoms. The summed E-state index contributed by atoms with van der Waals surface area (Å²) in [6, 6.07) is 0. The maximum atomic E-state index is 5.92. The Morgan fingerprint density at radius 1 is 1.25 bits per heavy atom. The van der Waals surface area contributed by atoms with Crippen LogP contribution in [0.1, 0.15) is 39.0 Å². The lowest BCUT2D eigenvalue weighted by Crippen LogP contribution is -2.21. The molecular formula is C14H20ClN5. The van der Waals surface area contributed by atoms with E-state index < -0.39 is 0 Å². The maximum absolute atomic E-state index is 5.92. The molecule has 2 heterocycles. The normalized spacial score (nSPS) is 23.1. The van der Waals surface area contributed by atoms with Crippen LogP contribution in [0, 0.1) is 11.8 Å². The van der Waals surface area contributed by atoms with Crippen LogP contribution in [-0.2, 0) is 0 Å². The Hall–Kier alpha value is -1.36. The number of fused-ring (bicyclic) bond motifs is 1. The molecule has 5 nitrogen and oxygen atoms in total. The minimum atomic E-state index is 0.238. The van der Waals surface area contributed by atoms with Crippen LogP contribution in [0.4, 0.5) is 5.82 Å². The molecule has 1 fully saturated rings. The van der Waals surface area contributed by atoms with E-state index in [9.17, 15) is 0 Å². The molecule has 0 atom stereocenters. The molecule has 1 aliphatic rings. The minimum absolute atomic E-state index is 0.238. The van der Waals surface area contributed by atoms with Crippen molar-refractivity contribution in [2.75, 3.05) is 11.9 Å². The van der Waals surface area contributed by atoms with Crippen LogP contribution < -0.4 is 5.32 Å². The fraction of sp³-hybridized carbons (Fsp3) is 0.643. The number of anilines is 1. The van der Waals surface area contributed by atoms with Crippen molar-refractivity contribution in [3.8, 4) is 0 Å². The first-order chi connectivity index (χ1) is 9.76. The Labute approximate surface area is 123 Å². The van der Waals surface area contributed by atoms with Crippen LogP contribution >= 0.6 is 11.6 Å². The first-order valence-corrected chi connectivity index (χ1v) is 7.74. The molecule has 0 aliphatic heterocycles. The lowest BCUT2D eigenvalue weighted by atomic mass is 9.81. The first-order valence-electron chi connectivity index (χ1n) is 7.36. The van der Waals surface area contributed by atoms with Crippen molar-refractivity contribution < 1.29 is 0 Å². The second-order valence-electron chi connectivity index (χ2n) is 5.62. The van der Waals surface area contributed by atoms with E-state index in [0.717, 1.165) is 29.7 Å². The van der Waals surface area contributed by atoms with Gasteiger partial charge < -0.3 is 10.3 Å². The predicted molar refractivity (Wildman–Crippen MR) is 80.9 cm³/mol. The zero-order chi connectivity index (χ0) is 13.9. The van der Waals surface area contributed by atoms with Crippen molar-refractivity contribution in [1.82, 2.24) is 19.9 Å². The third-order valence-electron chi connectivity index (χ3n) is 4.36. The monoisotopic (exact) mass is 293 g/mol. The highest BCUT2D eigenvalue weighted by atomic mass is 35.5. The Morgan fingerprint density at radius 3 is 2.75 bits per heavy atom. The van der Waals surface area contributed by atoms with Crippen molar-refractivity contribution in [3.05, 3.63) is 11.6 Å².